The van der Waals surface area contributed by atoms with Crippen molar-refractivity contribution in [2.24, 2.45) is 0 Å². The molecule has 0 spiro atoms. The number of nitrogens with zero attached hydrogens (tertiary/aromatic N) is 2. The van der Waals surface area contributed by atoms with E-state index in [2.05, 4.69) is 17.3 Å². The Kier molecular flexibility index (Phi) is 4.34. The second kappa shape index (κ2) is 5.53. The van der Waals surface area contributed by atoms with E-state index in [1.807, 2.05) is 13.8 Å². The summed E-state index contributed by atoms with van der Waals surface area (Å²) in [7, 11) is 0. The van der Waals surface area contributed by atoms with Crippen molar-refractivity contribution >= 4 is 5.91 Å². The van der Waals surface area contributed by atoms with Crippen molar-refractivity contribution in [2.75, 3.05) is 6.54 Å². The lowest BCUT2D eigenvalue weighted by atomic mass is 10.2. The van der Waals surface area contributed by atoms with Crippen molar-refractivity contribution in [3.8, 4) is 0 Å². The predicted octanol–water partition coefficient (Wildman–Crippen LogP) is 1.74. The van der Waals surface area contributed by atoms with Gasteiger partial charge in [-0.3, -0.25) is 9.48 Å². The van der Waals surface area contributed by atoms with Crippen LogP contribution in [0.4, 0.5) is 0 Å². The first-order chi connectivity index (χ1) is 7.19. The summed E-state index contributed by atoms with van der Waals surface area (Å²) in [6, 6.07) is 0. The Hall–Kier alpha value is -1.32. The van der Waals surface area contributed by atoms with E-state index in [4.69, 9.17) is 0 Å². The molecule has 4 nitrogen and oxygen atoms in total. The van der Waals surface area contributed by atoms with Gasteiger partial charge in [0.1, 0.15) is 0 Å². The molecule has 0 unspecified atom stereocenters. The average Bonchev–Trinajstić information content (AvgIpc) is 2.60. The zero-order chi connectivity index (χ0) is 11.3. The second-order valence-corrected chi connectivity index (χ2v) is 3.59. The molecule has 0 radical (unpaired) electrons. The van der Waals surface area contributed by atoms with Crippen LogP contribution in [-0.4, -0.2) is 22.2 Å². The third-order valence-corrected chi connectivity index (χ3v) is 2.33. The quantitative estimate of drug-likeness (QED) is 0.751. The Labute approximate surface area is 90.7 Å². The molecule has 0 bridgehead atoms. The van der Waals surface area contributed by atoms with E-state index in [1.54, 1.807) is 10.9 Å². The monoisotopic (exact) mass is 209 g/mol. The molecule has 0 atom stereocenters. The molecule has 1 amide bonds. The molecule has 0 fully saturated rings. The van der Waals surface area contributed by atoms with Gasteiger partial charge in [-0.1, -0.05) is 13.3 Å². The van der Waals surface area contributed by atoms with E-state index in [0.29, 0.717) is 5.56 Å². The summed E-state index contributed by atoms with van der Waals surface area (Å²) < 4.78 is 1.78. The summed E-state index contributed by atoms with van der Waals surface area (Å²) in [5, 5.41) is 7.12. The van der Waals surface area contributed by atoms with Crippen molar-refractivity contribution in [1.29, 1.82) is 0 Å². The summed E-state index contributed by atoms with van der Waals surface area (Å²) in [5.41, 5.74) is 1.49. The number of carbonyl (C=O) groups is 1. The number of carbonyl (C=O) groups excluding carboxylic acids is 1. The van der Waals surface area contributed by atoms with E-state index in [1.165, 1.54) is 0 Å². The van der Waals surface area contributed by atoms with Crippen molar-refractivity contribution in [3.63, 3.8) is 0 Å². The number of hydrogen-bond donors (Lipinski definition) is 1. The number of aryl methyl sites for hydroxylation is 2. The summed E-state index contributed by atoms with van der Waals surface area (Å²) in [5.74, 6) is -0.0133. The fraction of sp³-hybridized carbons (Fsp3) is 0.636. The molecule has 0 saturated carbocycles. The average molecular weight is 209 g/mol. The van der Waals surface area contributed by atoms with Crippen molar-refractivity contribution < 1.29 is 4.79 Å². The molecule has 0 aromatic carbocycles. The van der Waals surface area contributed by atoms with E-state index in [9.17, 15) is 4.79 Å². The summed E-state index contributed by atoms with van der Waals surface area (Å²) in [6.07, 6.45) is 3.91. The van der Waals surface area contributed by atoms with Gasteiger partial charge in [0, 0.05) is 19.3 Å². The molecule has 84 valence electrons. The molecule has 0 aliphatic heterocycles. The Morgan fingerprint density at radius 1 is 1.53 bits per heavy atom. The van der Waals surface area contributed by atoms with Crippen LogP contribution in [0.3, 0.4) is 0 Å². The fourth-order valence-corrected chi connectivity index (χ4v) is 1.38. The molecule has 1 heterocycles. The number of nitrogens with one attached hydrogen (secondary N) is 1. The van der Waals surface area contributed by atoms with Gasteiger partial charge in [-0.15, -0.1) is 0 Å². The van der Waals surface area contributed by atoms with Crippen LogP contribution in [0.15, 0.2) is 6.20 Å². The molecule has 1 aromatic heterocycles. The summed E-state index contributed by atoms with van der Waals surface area (Å²) in [4.78, 5) is 11.7. The second-order valence-electron chi connectivity index (χ2n) is 3.59. The highest BCUT2D eigenvalue weighted by Gasteiger charge is 2.11. The standard InChI is InChI=1S/C11H19N3O/c1-4-6-7-12-11(15)10-8-14(5-2)13-9(10)3/h8H,4-7H2,1-3H3,(H,12,15). The molecule has 0 saturated heterocycles. The van der Waals surface area contributed by atoms with E-state index in [0.717, 1.165) is 31.6 Å². The minimum atomic E-state index is -0.0133. The van der Waals surface area contributed by atoms with Crippen molar-refractivity contribution in [2.45, 2.75) is 40.2 Å². The number of aromatic nitrogens is 2. The summed E-state index contributed by atoms with van der Waals surface area (Å²) in [6.45, 7) is 7.51. The largest absolute Gasteiger partial charge is 0.352 e. The van der Waals surface area contributed by atoms with Crippen LogP contribution in [0.2, 0.25) is 0 Å². The number of amides is 1. The maximum absolute atomic E-state index is 11.7. The van der Waals surface area contributed by atoms with Gasteiger partial charge in [0.15, 0.2) is 0 Å². The maximum atomic E-state index is 11.7. The molecular formula is C11H19N3O. The lowest BCUT2D eigenvalue weighted by molar-refractivity contribution is 0.0952. The molecule has 0 aliphatic rings. The lowest BCUT2D eigenvalue weighted by Crippen LogP contribution is -2.24. The highest BCUT2D eigenvalue weighted by Crippen LogP contribution is 2.05. The Morgan fingerprint density at radius 2 is 2.27 bits per heavy atom. The van der Waals surface area contributed by atoms with Crippen molar-refractivity contribution in [1.82, 2.24) is 15.1 Å². The smallest absolute Gasteiger partial charge is 0.254 e. The van der Waals surface area contributed by atoms with Crippen LogP contribution in [0.1, 0.15) is 42.7 Å². The minimum absolute atomic E-state index is 0.0133. The Morgan fingerprint density at radius 3 is 2.80 bits per heavy atom. The SMILES string of the molecule is CCCCNC(=O)c1cn(CC)nc1C. The van der Waals surface area contributed by atoms with Crippen LogP contribution < -0.4 is 5.32 Å². The first kappa shape index (κ1) is 11.8. The molecule has 1 aromatic rings. The van der Waals surface area contributed by atoms with Crippen LogP contribution in [0, 0.1) is 6.92 Å². The summed E-state index contributed by atoms with van der Waals surface area (Å²) >= 11 is 0. The first-order valence-electron chi connectivity index (χ1n) is 5.51. The minimum Gasteiger partial charge on any atom is -0.352 e. The van der Waals surface area contributed by atoms with Crippen LogP contribution in [0.5, 0.6) is 0 Å². The van der Waals surface area contributed by atoms with Gasteiger partial charge >= 0.3 is 0 Å². The number of hydrogen-bond acceptors (Lipinski definition) is 2. The predicted molar refractivity (Wildman–Crippen MR) is 59.9 cm³/mol. The molecule has 1 N–H and O–H groups in total. The van der Waals surface area contributed by atoms with Gasteiger partial charge in [0.05, 0.1) is 11.3 Å². The van der Waals surface area contributed by atoms with E-state index < -0.39 is 0 Å². The molecule has 15 heavy (non-hydrogen) atoms. The highest BCUT2D eigenvalue weighted by atomic mass is 16.1. The van der Waals surface area contributed by atoms with Gasteiger partial charge in [-0.25, -0.2) is 0 Å². The fourth-order valence-electron chi connectivity index (χ4n) is 1.38. The topological polar surface area (TPSA) is 46.9 Å². The zero-order valence-corrected chi connectivity index (χ0v) is 9.71. The maximum Gasteiger partial charge on any atom is 0.254 e. The number of unbranched alkanes of at least 4 members (excludes halogenated alkanes) is 1. The Balaban J connectivity index is 2.60. The lowest BCUT2D eigenvalue weighted by Gasteiger charge is -2.01. The van der Waals surface area contributed by atoms with E-state index in [-0.39, 0.29) is 5.91 Å². The van der Waals surface area contributed by atoms with Crippen LogP contribution >= 0.6 is 0 Å². The normalized spacial score (nSPS) is 10.3. The van der Waals surface area contributed by atoms with Crippen LogP contribution in [-0.2, 0) is 6.54 Å². The molecule has 1 rings (SSSR count). The van der Waals surface area contributed by atoms with Crippen molar-refractivity contribution in [3.05, 3.63) is 17.5 Å². The molecule has 0 aliphatic carbocycles. The third kappa shape index (κ3) is 3.08. The van der Waals surface area contributed by atoms with Gasteiger partial charge < -0.3 is 5.32 Å². The molecular weight excluding hydrogens is 190 g/mol. The van der Waals surface area contributed by atoms with Gasteiger partial charge in [0.25, 0.3) is 5.91 Å². The zero-order valence-electron chi connectivity index (χ0n) is 9.71. The van der Waals surface area contributed by atoms with Crippen LogP contribution in [0.25, 0.3) is 0 Å². The van der Waals surface area contributed by atoms with Gasteiger partial charge in [0.2, 0.25) is 0 Å². The van der Waals surface area contributed by atoms with E-state index >= 15 is 0 Å². The van der Waals surface area contributed by atoms with Gasteiger partial charge in [-0.05, 0) is 20.3 Å². The first-order valence-corrected chi connectivity index (χ1v) is 5.51. The number of rotatable bonds is 5. The highest BCUT2D eigenvalue weighted by molar-refractivity contribution is 5.94. The molecule has 4 heteroatoms. The van der Waals surface area contributed by atoms with Gasteiger partial charge in [-0.2, -0.15) is 5.10 Å². The third-order valence-electron chi connectivity index (χ3n) is 2.33. The Bertz CT molecular complexity index is 331.